The van der Waals surface area contributed by atoms with Gasteiger partial charge in [0, 0.05) is 38.8 Å². The van der Waals surface area contributed by atoms with E-state index in [9.17, 15) is 5.11 Å². The highest BCUT2D eigenvalue weighted by Gasteiger charge is 2.42. The summed E-state index contributed by atoms with van der Waals surface area (Å²) in [6, 6.07) is 0. The van der Waals surface area contributed by atoms with Gasteiger partial charge in [-0.15, -0.1) is 0 Å². The van der Waals surface area contributed by atoms with Gasteiger partial charge in [0.05, 0.1) is 11.8 Å². The quantitative estimate of drug-likeness (QED) is 0.900. The van der Waals surface area contributed by atoms with Crippen LogP contribution in [0.15, 0.2) is 12.4 Å². The number of aliphatic hydroxyl groups is 1. The molecule has 3 rings (SSSR count). The Balaban J connectivity index is 1.53. The van der Waals surface area contributed by atoms with Gasteiger partial charge >= 0.3 is 0 Å². The summed E-state index contributed by atoms with van der Waals surface area (Å²) in [7, 11) is 1.96. The smallest absolute Gasteiger partial charge is 0.0700 e. The van der Waals surface area contributed by atoms with Crippen LogP contribution >= 0.6 is 0 Å². The lowest BCUT2D eigenvalue weighted by Gasteiger charge is -2.47. The molecule has 4 heteroatoms. The highest BCUT2D eigenvalue weighted by molar-refractivity contribution is 5.04. The van der Waals surface area contributed by atoms with E-state index in [-0.39, 0.29) is 5.60 Å². The van der Waals surface area contributed by atoms with Crippen LogP contribution in [0.4, 0.5) is 0 Å². The average molecular weight is 263 g/mol. The zero-order valence-corrected chi connectivity index (χ0v) is 11.9. The number of aryl methyl sites for hydroxylation is 1. The fraction of sp³-hybridized carbons (Fsp3) is 0.800. The van der Waals surface area contributed by atoms with Gasteiger partial charge in [-0.25, -0.2) is 0 Å². The van der Waals surface area contributed by atoms with E-state index in [2.05, 4.69) is 16.2 Å². The van der Waals surface area contributed by atoms with Gasteiger partial charge in [0.2, 0.25) is 0 Å². The fourth-order valence-corrected chi connectivity index (χ4v) is 3.73. The van der Waals surface area contributed by atoms with E-state index in [4.69, 9.17) is 0 Å². The number of hydrogen-bond donors (Lipinski definition) is 1. The Morgan fingerprint density at radius 1 is 1.42 bits per heavy atom. The summed E-state index contributed by atoms with van der Waals surface area (Å²) in [5, 5.41) is 14.9. The number of piperidine rings is 1. The van der Waals surface area contributed by atoms with Crippen LogP contribution in [0.5, 0.6) is 0 Å². The van der Waals surface area contributed by atoms with Crippen molar-refractivity contribution in [1.29, 1.82) is 0 Å². The normalized spacial score (nSPS) is 32.2. The molecule has 1 saturated heterocycles. The maximum absolute atomic E-state index is 10.7. The maximum Gasteiger partial charge on any atom is 0.0700 e. The molecule has 0 radical (unpaired) electrons. The second-order valence-corrected chi connectivity index (χ2v) is 6.37. The van der Waals surface area contributed by atoms with Gasteiger partial charge in [0.15, 0.2) is 0 Å². The zero-order valence-electron chi connectivity index (χ0n) is 11.9. The third-order valence-corrected chi connectivity index (χ3v) is 4.99. The minimum atomic E-state index is -0.344. The van der Waals surface area contributed by atoms with Crippen LogP contribution in [-0.2, 0) is 13.5 Å². The first-order valence-corrected chi connectivity index (χ1v) is 7.58. The molecule has 1 N–H and O–H groups in total. The molecule has 0 bridgehead atoms. The standard InChI is InChI=1S/C15H25N3O/c1-17-11-13(10-16-17)5-8-18-9-7-15(19)6-3-2-4-14(15)12-18/h10-11,14,19H,2-9,12H2,1H3. The minimum absolute atomic E-state index is 0.344. The van der Waals surface area contributed by atoms with Crippen molar-refractivity contribution in [3.63, 3.8) is 0 Å². The van der Waals surface area contributed by atoms with Gasteiger partial charge in [0.1, 0.15) is 0 Å². The molecule has 2 atom stereocenters. The monoisotopic (exact) mass is 263 g/mol. The lowest BCUT2D eigenvalue weighted by Crippen LogP contribution is -2.53. The Hall–Kier alpha value is -0.870. The molecule has 106 valence electrons. The molecule has 1 aromatic rings. The van der Waals surface area contributed by atoms with E-state index in [1.54, 1.807) is 0 Å². The van der Waals surface area contributed by atoms with Crippen molar-refractivity contribution in [2.75, 3.05) is 19.6 Å². The third kappa shape index (κ3) is 2.84. The van der Waals surface area contributed by atoms with Gasteiger partial charge in [-0.2, -0.15) is 5.10 Å². The van der Waals surface area contributed by atoms with Gasteiger partial charge in [0.25, 0.3) is 0 Å². The molecule has 0 amide bonds. The molecule has 1 aliphatic carbocycles. The molecule has 1 aliphatic heterocycles. The Morgan fingerprint density at radius 3 is 3.11 bits per heavy atom. The highest BCUT2D eigenvalue weighted by atomic mass is 16.3. The first-order valence-electron chi connectivity index (χ1n) is 7.58. The summed E-state index contributed by atoms with van der Waals surface area (Å²) in [4.78, 5) is 2.53. The molecule has 0 spiro atoms. The van der Waals surface area contributed by atoms with Gasteiger partial charge in [-0.1, -0.05) is 12.8 Å². The molecule has 0 aromatic carbocycles. The summed E-state index contributed by atoms with van der Waals surface area (Å²) >= 11 is 0. The van der Waals surface area contributed by atoms with Crippen LogP contribution in [0, 0.1) is 5.92 Å². The molecule has 19 heavy (non-hydrogen) atoms. The number of fused-ring (bicyclic) bond motifs is 1. The molecule has 2 unspecified atom stereocenters. The third-order valence-electron chi connectivity index (χ3n) is 4.99. The highest BCUT2D eigenvalue weighted by Crippen LogP contribution is 2.39. The largest absolute Gasteiger partial charge is 0.390 e. The van der Waals surface area contributed by atoms with Crippen LogP contribution in [0.1, 0.15) is 37.7 Å². The average Bonchev–Trinajstić information content (AvgIpc) is 2.82. The summed E-state index contributed by atoms with van der Waals surface area (Å²) in [6.07, 6.45) is 10.8. The zero-order chi connectivity index (χ0) is 13.3. The predicted molar refractivity (Wildman–Crippen MR) is 74.9 cm³/mol. The first kappa shape index (κ1) is 13.1. The number of nitrogens with zero attached hydrogens (tertiary/aromatic N) is 3. The number of rotatable bonds is 3. The van der Waals surface area contributed by atoms with Crippen molar-refractivity contribution >= 4 is 0 Å². The van der Waals surface area contributed by atoms with E-state index < -0.39 is 0 Å². The van der Waals surface area contributed by atoms with Crippen LogP contribution in [0.3, 0.4) is 0 Å². The van der Waals surface area contributed by atoms with Crippen molar-refractivity contribution in [2.24, 2.45) is 13.0 Å². The number of hydrogen-bond acceptors (Lipinski definition) is 3. The fourth-order valence-electron chi connectivity index (χ4n) is 3.73. The number of likely N-dealkylation sites (tertiary alicyclic amines) is 1. The van der Waals surface area contributed by atoms with Gasteiger partial charge in [-0.05, 0) is 31.2 Å². The van der Waals surface area contributed by atoms with Crippen LogP contribution in [0.2, 0.25) is 0 Å². The van der Waals surface area contributed by atoms with Crippen LogP contribution in [-0.4, -0.2) is 45.0 Å². The van der Waals surface area contributed by atoms with E-state index >= 15 is 0 Å². The Morgan fingerprint density at radius 2 is 2.32 bits per heavy atom. The second kappa shape index (κ2) is 5.25. The van der Waals surface area contributed by atoms with Gasteiger partial charge in [-0.3, -0.25) is 4.68 Å². The van der Waals surface area contributed by atoms with E-state index in [1.807, 2.05) is 17.9 Å². The molecule has 2 aliphatic rings. The lowest BCUT2D eigenvalue weighted by atomic mass is 9.71. The summed E-state index contributed by atoms with van der Waals surface area (Å²) < 4.78 is 1.87. The molecule has 2 heterocycles. The Kier molecular flexibility index (Phi) is 3.63. The van der Waals surface area contributed by atoms with Crippen molar-refractivity contribution in [2.45, 2.75) is 44.1 Å². The van der Waals surface area contributed by atoms with Crippen molar-refractivity contribution in [3.8, 4) is 0 Å². The van der Waals surface area contributed by atoms with Crippen LogP contribution in [0.25, 0.3) is 0 Å². The molecular weight excluding hydrogens is 238 g/mol. The second-order valence-electron chi connectivity index (χ2n) is 6.37. The van der Waals surface area contributed by atoms with E-state index in [1.165, 1.54) is 24.8 Å². The molecule has 1 aromatic heterocycles. The lowest BCUT2D eigenvalue weighted by molar-refractivity contribution is -0.0950. The molecule has 1 saturated carbocycles. The van der Waals surface area contributed by atoms with E-state index in [0.29, 0.717) is 5.92 Å². The topological polar surface area (TPSA) is 41.3 Å². The maximum atomic E-state index is 10.7. The van der Waals surface area contributed by atoms with Gasteiger partial charge < -0.3 is 10.0 Å². The van der Waals surface area contributed by atoms with E-state index in [0.717, 1.165) is 38.9 Å². The summed E-state index contributed by atoms with van der Waals surface area (Å²) in [5.74, 6) is 0.504. The summed E-state index contributed by atoms with van der Waals surface area (Å²) in [6.45, 7) is 3.22. The molecule has 4 nitrogen and oxygen atoms in total. The van der Waals surface area contributed by atoms with Crippen LogP contribution < -0.4 is 0 Å². The Bertz CT molecular complexity index is 431. The molecular formula is C15H25N3O. The number of aromatic nitrogens is 2. The molecule has 2 fully saturated rings. The summed E-state index contributed by atoms with van der Waals surface area (Å²) in [5.41, 5.74) is 0.968. The Labute approximate surface area is 115 Å². The SMILES string of the molecule is Cn1cc(CCN2CCC3(O)CCCCC3C2)cn1. The predicted octanol–water partition coefficient (Wildman–Crippen LogP) is 1.59. The van der Waals surface area contributed by atoms with Crippen molar-refractivity contribution in [1.82, 2.24) is 14.7 Å². The first-order chi connectivity index (χ1) is 9.16. The van der Waals surface area contributed by atoms with Crippen molar-refractivity contribution < 1.29 is 5.11 Å². The minimum Gasteiger partial charge on any atom is -0.390 e. The van der Waals surface area contributed by atoms with Crippen molar-refractivity contribution in [3.05, 3.63) is 18.0 Å².